The largest absolute Gasteiger partial charge is 0.504 e. The summed E-state index contributed by atoms with van der Waals surface area (Å²) in [4.78, 5) is 0. The van der Waals surface area contributed by atoms with Gasteiger partial charge >= 0.3 is 0 Å². The molecular weight excluding hydrogens is 264 g/mol. The number of hydrogen-bond acceptors (Lipinski definition) is 6. The molecule has 0 unspecified atom stereocenters. The van der Waals surface area contributed by atoms with E-state index in [1.54, 1.807) is 17.0 Å². The average Bonchev–Trinajstić information content (AvgIpc) is 2.82. The molecule has 7 heteroatoms. The van der Waals surface area contributed by atoms with Crippen LogP contribution in [0.25, 0.3) is 0 Å². The maximum absolute atomic E-state index is 9.41. The van der Waals surface area contributed by atoms with Crippen LogP contribution >= 0.6 is 11.8 Å². The van der Waals surface area contributed by atoms with Crippen molar-refractivity contribution in [3.05, 3.63) is 29.6 Å². The van der Waals surface area contributed by atoms with Crippen LogP contribution in [0.4, 0.5) is 0 Å². The smallest absolute Gasteiger partial charge is 0.211 e. The van der Waals surface area contributed by atoms with Crippen LogP contribution in [0.15, 0.2) is 28.5 Å². The van der Waals surface area contributed by atoms with Crippen molar-refractivity contribution in [1.82, 2.24) is 14.9 Å². The Morgan fingerprint density at radius 2 is 2.11 bits per heavy atom. The first-order valence-electron chi connectivity index (χ1n) is 5.70. The molecule has 0 spiro atoms. The van der Waals surface area contributed by atoms with Crippen molar-refractivity contribution in [2.75, 3.05) is 6.26 Å². The molecular formula is C12H14N4O2S. The van der Waals surface area contributed by atoms with Crippen LogP contribution in [-0.4, -0.2) is 37.6 Å². The van der Waals surface area contributed by atoms with Crippen LogP contribution in [0, 0.1) is 0 Å². The van der Waals surface area contributed by atoms with Gasteiger partial charge in [-0.25, -0.2) is 0 Å². The molecule has 0 amide bonds. The van der Waals surface area contributed by atoms with Crippen LogP contribution in [0.2, 0.25) is 0 Å². The summed E-state index contributed by atoms with van der Waals surface area (Å²) in [6, 6.07) is 4.51. The number of aromatic nitrogens is 3. The van der Waals surface area contributed by atoms with E-state index < -0.39 is 0 Å². The molecule has 0 bridgehead atoms. The molecule has 2 aromatic rings. The highest BCUT2D eigenvalue weighted by molar-refractivity contribution is 7.98. The van der Waals surface area contributed by atoms with Crippen LogP contribution in [0.5, 0.6) is 11.5 Å². The normalized spacial score (nSPS) is 11.3. The lowest BCUT2D eigenvalue weighted by Crippen LogP contribution is -1.98. The highest BCUT2D eigenvalue weighted by Gasteiger charge is 2.08. The van der Waals surface area contributed by atoms with E-state index in [-0.39, 0.29) is 11.5 Å². The van der Waals surface area contributed by atoms with E-state index in [9.17, 15) is 10.2 Å². The third-order valence-corrected chi connectivity index (χ3v) is 3.12. The van der Waals surface area contributed by atoms with E-state index >= 15 is 0 Å². The van der Waals surface area contributed by atoms with Gasteiger partial charge in [-0.05, 0) is 30.0 Å². The van der Waals surface area contributed by atoms with Crippen molar-refractivity contribution in [2.24, 2.45) is 5.10 Å². The lowest BCUT2D eigenvalue weighted by Gasteiger charge is -2.01. The summed E-state index contributed by atoms with van der Waals surface area (Å²) in [5.74, 6) is 0.442. The number of nitrogens with zero attached hydrogens (tertiary/aromatic N) is 4. The molecule has 1 heterocycles. The average molecular weight is 278 g/mol. The summed E-state index contributed by atoms with van der Waals surface area (Å²) in [7, 11) is 0. The zero-order valence-electron chi connectivity index (χ0n) is 10.6. The van der Waals surface area contributed by atoms with Gasteiger partial charge in [-0.15, -0.1) is 10.2 Å². The second-order valence-electron chi connectivity index (χ2n) is 3.76. The van der Waals surface area contributed by atoms with E-state index in [0.717, 1.165) is 12.2 Å². The zero-order chi connectivity index (χ0) is 13.8. The van der Waals surface area contributed by atoms with Crippen LogP contribution in [0.1, 0.15) is 18.3 Å². The van der Waals surface area contributed by atoms with Gasteiger partial charge in [0, 0.05) is 6.42 Å². The van der Waals surface area contributed by atoms with Gasteiger partial charge in [0.2, 0.25) is 5.16 Å². The van der Waals surface area contributed by atoms with E-state index in [1.165, 1.54) is 23.9 Å². The number of rotatable bonds is 4. The highest BCUT2D eigenvalue weighted by Crippen LogP contribution is 2.24. The third-order valence-electron chi connectivity index (χ3n) is 2.50. The van der Waals surface area contributed by atoms with E-state index in [4.69, 9.17) is 0 Å². The standard InChI is InChI=1S/C12H14N4O2S/c1-3-11-14-15-12(19-2)16(11)13-7-8-4-5-9(17)10(18)6-8/h4-7,17-18H,3H2,1-2H3/b13-7-. The summed E-state index contributed by atoms with van der Waals surface area (Å²) in [6.45, 7) is 1.98. The SMILES string of the molecule is CCc1nnc(SC)n1/N=C\c1ccc(O)c(O)c1. The molecule has 0 aliphatic carbocycles. The summed E-state index contributed by atoms with van der Waals surface area (Å²) in [5, 5.41) is 31.7. The highest BCUT2D eigenvalue weighted by atomic mass is 32.2. The number of phenols is 2. The van der Waals surface area contributed by atoms with Crippen LogP contribution in [0.3, 0.4) is 0 Å². The molecule has 1 aromatic heterocycles. The summed E-state index contributed by atoms with van der Waals surface area (Å²) >= 11 is 1.46. The number of thioether (sulfide) groups is 1. The second kappa shape index (κ2) is 5.75. The molecule has 0 aliphatic rings. The first-order valence-corrected chi connectivity index (χ1v) is 6.92. The maximum atomic E-state index is 9.41. The molecule has 0 saturated carbocycles. The second-order valence-corrected chi connectivity index (χ2v) is 4.53. The summed E-state index contributed by atoms with van der Waals surface area (Å²) < 4.78 is 1.66. The summed E-state index contributed by atoms with van der Waals surface area (Å²) in [6.07, 6.45) is 4.22. The van der Waals surface area contributed by atoms with Gasteiger partial charge in [-0.2, -0.15) is 9.78 Å². The van der Waals surface area contributed by atoms with Gasteiger partial charge in [-0.1, -0.05) is 18.7 Å². The molecule has 2 N–H and O–H groups in total. The lowest BCUT2D eigenvalue weighted by atomic mass is 10.2. The fourth-order valence-corrected chi connectivity index (χ4v) is 1.95. The zero-order valence-corrected chi connectivity index (χ0v) is 11.4. The van der Waals surface area contributed by atoms with Crippen LogP contribution < -0.4 is 0 Å². The van der Waals surface area contributed by atoms with E-state index in [2.05, 4.69) is 15.3 Å². The van der Waals surface area contributed by atoms with Gasteiger partial charge < -0.3 is 10.2 Å². The first-order chi connectivity index (χ1) is 9.15. The van der Waals surface area contributed by atoms with Crippen molar-refractivity contribution in [1.29, 1.82) is 0 Å². The van der Waals surface area contributed by atoms with Crippen molar-refractivity contribution >= 4 is 18.0 Å². The minimum absolute atomic E-state index is 0.152. The van der Waals surface area contributed by atoms with Gasteiger partial charge in [-0.3, -0.25) is 0 Å². The lowest BCUT2D eigenvalue weighted by molar-refractivity contribution is 0.403. The van der Waals surface area contributed by atoms with Crippen molar-refractivity contribution in [2.45, 2.75) is 18.5 Å². The minimum atomic E-state index is -0.173. The fourth-order valence-electron chi connectivity index (χ4n) is 1.50. The van der Waals surface area contributed by atoms with E-state index in [0.29, 0.717) is 10.7 Å². The Labute approximate surface area is 114 Å². The van der Waals surface area contributed by atoms with Crippen LogP contribution in [-0.2, 0) is 6.42 Å². The molecule has 1 aromatic carbocycles. The molecule has 19 heavy (non-hydrogen) atoms. The fraction of sp³-hybridized carbons (Fsp3) is 0.250. The van der Waals surface area contributed by atoms with Gasteiger partial charge in [0.1, 0.15) is 0 Å². The Bertz CT molecular complexity index is 588. The molecule has 0 atom stereocenters. The molecule has 0 aliphatic heterocycles. The minimum Gasteiger partial charge on any atom is -0.504 e. The molecule has 6 nitrogen and oxygen atoms in total. The van der Waals surface area contributed by atoms with Crippen molar-refractivity contribution in [3.8, 4) is 11.5 Å². The maximum Gasteiger partial charge on any atom is 0.211 e. The Hall–Kier alpha value is -2.02. The number of phenolic OH excluding ortho intramolecular Hbond substituents is 2. The molecule has 2 rings (SSSR count). The number of aromatic hydroxyl groups is 2. The quantitative estimate of drug-likeness (QED) is 0.506. The van der Waals surface area contributed by atoms with E-state index in [1.807, 2.05) is 13.2 Å². The number of hydrogen-bond donors (Lipinski definition) is 2. The number of aryl methyl sites for hydroxylation is 1. The Balaban J connectivity index is 2.31. The molecule has 0 radical (unpaired) electrons. The topological polar surface area (TPSA) is 83.5 Å². The van der Waals surface area contributed by atoms with Crippen molar-refractivity contribution in [3.63, 3.8) is 0 Å². The molecule has 0 fully saturated rings. The Morgan fingerprint density at radius 1 is 1.32 bits per heavy atom. The summed E-state index contributed by atoms with van der Waals surface area (Å²) in [5.41, 5.74) is 0.679. The Morgan fingerprint density at radius 3 is 2.74 bits per heavy atom. The Kier molecular flexibility index (Phi) is 4.06. The van der Waals surface area contributed by atoms with Gasteiger partial charge in [0.15, 0.2) is 17.3 Å². The number of benzene rings is 1. The molecule has 100 valence electrons. The van der Waals surface area contributed by atoms with Gasteiger partial charge in [0.05, 0.1) is 6.21 Å². The first kappa shape index (κ1) is 13.4. The molecule has 0 saturated heterocycles. The predicted molar refractivity (Wildman–Crippen MR) is 73.9 cm³/mol. The third kappa shape index (κ3) is 2.87. The van der Waals surface area contributed by atoms with Crippen molar-refractivity contribution < 1.29 is 10.2 Å². The predicted octanol–water partition coefficient (Wildman–Crippen LogP) is 1.86. The monoisotopic (exact) mass is 278 g/mol. The van der Waals surface area contributed by atoms with Gasteiger partial charge in [0.25, 0.3) is 0 Å².